The van der Waals surface area contributed by atoms with Crippen LogP contribution in [0.15, 0.2) is 35.2 Å². The van der Waals surface area contributed by atoms with Gasteiger partial charge in [0.1, 0.15) is 10.9 Å². The van der Waals surface area contributed by atoms with Crippen LogP contribution in [0.5, 0.6) is 0 Å². The van der Waals surface area contributed by atoms with E-state index in [4.69, 9.17) is 17.3 Å². The fraction of sp³-hybridized carbons (Fsp3) is 0.250. The first-order chi connectivity index (χ1) is 11.5. The Morgan fingerprint density at radius 1 is 1.29 bits per heavy atom. The van der Waals surface area contributed by atoms with E-state index in [0.29, 0.717) is 22.2 Å². The summed E-state index contributed by atoms with van der Waals surface area (Å²) in [5.74, 6) is -1.62. The first-order valence-corrected chi connectivity index (χ1v) is 8.49. The lowest BCUT2D eigenvalue weighted by Gasteiger charge is -2.13. The molecule has 0 bridgehead atoms. The van der Waals surface area contributed by atoms with E-state index in [1.165, 1.54) is 16.7 Å². The average Bonchev–Trinajstić information content (AvgIpc) is 2.81. The number of thioether (sulfide) groups is 1. The first-order valence-electron chi connectivity index (χ1n) is 7.26. The Bertz CT molecular complexity index is 689. The summed E-state index contributed by atoms with van der Waals surface area (Å²) in [5.41, 5.74) is 0.922. The highest BCUT2D eigenvalue weighted by molar-refractivity contribution is 8.26. The molecule has 0 unspecified atom stereocenters. The number of amides is 2. The maximum Gasteiger partial charge on any atom is 0.322 e. The van der Waals surface area contributed by atoms with E-state index in [-0.39, 0.29) is 18.2 Å². The normalized spacial score (nSPS) is 15.8. The van der Waals surface area contributed by atoms with Gasteiger partial charge in [-0.1, -0.05) is 54.3 Å². The van der Waals surface area contributed by atoms with Crippen molar-refractivity contribution in [2.24, 2.45) is 0 Å². The van der Waals surface area contributed by atoms with E-state index in [0.717, 1.165) is 5.56 Å². The fourth-order valence-electron chi connectivity index (χ4n) is 2.05. The summed E-state index contributed by atoms with van der Waals surface area (Å²) in [5, 5.41) is 10.8. The zero-order valence-corrected chi connectivity index (χ0v) is 14.4. The lowest BCUT2D eigenvalue weighted by atomic mass is 10.2. The van der Waals surface area contributed by atoms with Gasteiger partial charge < -0.3 is 10.4 Å². The second kappa shape index (κ2) is 8.60. The van der Waals surface area contributed by atoms with E-state index in [1.807, 2.05) is 30.3 Å². The van der Waals surface area contributed by atoms with Crippen LogP contribution in [0, 0.1) is 0 Å². The summed E-state index contributed by atoms with van der Waals surface area (Å²) in [6, 6.07) is 9.49. The molecule has 0 radical (unpaired) electrons. The Kier molecular flexibility index (Phi) is 6.51. The topological polar surface area (TPSA) is 86.7 Å². The number of carbonyl (C=O) groups is 3. The van der Waals surface area contributed by atoms with Gasteiger partial charge >= 0.3 is 5.97 Å². The molecular formula is C16H16N2O4S2. The van der Waals surface area contributed by atoms with Gasteiger partial charge in [-0.05, 0) is 18.1 Å². The van der Waals surface area contributed by atoms with Crippen molar-refractivity contribution in [3.8, 4) is 0 Å². The van der Waals surface area contributed by atoms with E-state index >= 15 is 0 Å². The number of carboxylic acids is 1. The smallest absolute Gasteiger partial charge is 0.322 e. The molecule has 2 amide bonds. The zero-order chi connectivity index (χ0) is 17.5. The van der Waals surface area contributed by atoms with Gasteiger partial charge in [-0.15, -0.1) is 0 Å². The molecule has 1 aromatic rings. The highest BCUT2D eigenvalue weighted by Crippen LogP contribution is 2.32. The SMILES string of the molecule is O=C(O)CNC(=O)CCCN1C(=O)/C(=C/c2ccccc2)SC1=S. The molecule has 8 heteroatoms. The van der Waals surface area contributed by atoms with E-state index < -0.39 is 12.5 Å². The monoisotopic (exact) mass is 364 g/mol. The van der Waals surface area contributed by atoms with Gasteiger partial charge in [0.05, 0.1) is 4.91 Å². The number of hydrogen-bond acceptors (Lipinski definition) is 5. The number of thiocarbonyl (C=S) groups is 1. The van der Waals surface area contributed by atoms with Crippen LogP contribution in [0.3, 0.4) is 0 Å². The van der Waals surface area contributed by atoms with Crippen molar-refractivity contribution in [1.29, 1.82) is 0 Å². The molecule has 0 atom stereocenters. The minimum atomic E-state index is -1.09. The van der Waals surface area contributed by atoms with Gasteiger partial charge in [0.15, 0.2) is 0 Å². The van der Waals surface area contributed by atoms with E-state index in [2.05, 4.69) is 5.32 Å². The predicted octanol–water partition coefficient (Wildman–Crippen LogP) is 1.87. The second-order valence-electron chi connectivity index (χ2n) is 5.02. The van der Waals surface area contributed by atoms with Gasteiger partial charge in [0.2, 0.25) is 5.91 Å². The van der Waals surface area contributed by atoms with Crippen LogP contribution >= 0.6 is 24.0 Å². The van der Waals surface area contributed by atoms with Crippen molar-refractivity contribution in [2.75, 3.05) is 13.1 Å². The quantitative estimate of drug-likeness (QED) is 0.567. The maximum absolute atomic E-state index is 12.4. The van der Waals surface area contributed by atoms with Crippen molar-refractivity contribution in [1.82, 2.24) is 10.2 Å². The third-order valence-electron chi connectivity index (χ3n) is 3.19. The Hall–Kier alpha value is -2.19. The average molecular weight is 364 g/mol. The molecule has 1 aliphatic rings. The van der Waals surface area contributed by atoms with E-state index in [9.17, 15) is 14.4 Å². The van der Waals surface area contributed by atoms with Gasteiger partial charge in [0.25, 0.3) is 5.91 Å². The third kappa shape index (κ3) is 5.17. The van der Waals surface area contributed by atoms with Crippen LogP contribution in [0.25, 0.3) is 6.08 Å². The molecule has 24 heavy (non-hydrogen) atoms. The summed E-state index contributed by atoms with van der Waals surface area (Å²) < 4.78 is 0.466. The molecule has 0 saturated carbocycles. The van der Waals surface area contributed by atoms with Gasteiger partial charge in [0, 0.05) is 13.0 Å². The highest BCUT2D eigenvalue weighted by Gasteiger charge is 2.31. The minimum Gasteiger partial charge on any atom is -0.480 e. The highest BCUT2D eigenvalue weighted by atomic mass is 32.2. The predicted molar refractivity (Wildman–Crippen MR) is 96.2 cm³/mol. The minimum absolute atomic E-state index is 0.141. The van der Waals surface area contributed by atoms with Gasteiger partial charge in [-0.2, -0.15) is 0 Å². The molecule has 0 aliphatic carbocycles. The number of rotatable bonds is 7. The van der Waals surface area contributed by atoms with Crippen molar-refractivity contribution < 1.29 is 19.5 Å². The number of hydrogen-bond donors (Lipinski definition) is 2. The maximum atomic E-state index is 12.4. The molecule has 0 aromatic heterocycles. The number of carboxylic acid groups (broad SMARTS) is 1. The van der Waals surface area contributed by atoms with Crippen molar-refractivity contribution in [3.63, 3.8) is 0 Å². The van der Waals surface area contributed by atoms with Gasteiger partial charge in [-0.25, -0.2) is 0 Å². The second-order valence-corrected chi connectivity index (χ2v) is 6.69. The van der Waals surface area contributed by atoms with Crippen molar-refractivity contribution in [3.05, 3.63) is 40.8 Å². The molecule has 1 saturated heterocycles. The first kappa shape index (κ1) is 18.2. The Balaban J connectivity index is 1.87. The summed E-state index contributed by atoms with van der Waals surface area (Å²) in [4.78, 5) is 36.2. The molecule has 2 N–H and O–H groups in total. The summed E-state index contributed by atoms with van der Waals surface area (Å²) >= 11 is 6.46. The molecule has 1 heterocycles. The fourth-order valence-corrected chi connectivity index (χ4v) is 3.36. The molecule has 6 nitrogen and oxygen atoms in total. The largest absolute Gasteiger partial charge is 0.480 e. The summed E-state index contributed by atoms with van der Waals surface area (Å²) in [7, 11) is 0. The van der Waals surface area contributed by atoms with Crippen molar-refractivity contribution >= 4 is 52.2 Å². The van der Waals surface area contributed by atoms with Gasteiger partial charge in [-0.3, -0.25) is 19.3 Å². The lowest BCUT2D eigenvalue weighted by molar-refractivity contribution is -0.137. The summed E-state index contributed by atoms with van der Waals surface area (Å²) in [6.07, 6.45) is 2.34. The number of nitrogens with one attached hydrogen (secondary N) is 1. The van der Waals surface area contributed by atoms with Crippen LogP contribution in [0.1, 0.15) is 18.4 Å². The molecular weight excluding hydrogens is 348 g/mol. The zero-order valence-electron chi connectivity index (χ0n) is 12.7. The molecule has 0 spiro atoms. The Labute approximate surface area is 148 Å². The lowest BCUT2D eigenvalue weighted by Crippen LogP contribution is -2.32. The van der Waals surface area contributed by atoms with Crippen LogP contribution in [-0.4, -0.2) is 45.2 Å². The number of aliphatic carboxylic acids is 1. The van der Waals surface area contributed by atoms with E-state index in [1.54, 1.807) is 6.08 Å². The van der Waals surface area contributed by atoms with Crippen LogP contribution < -0.4 is 5.32 Å². The molecule has 1 fully saturated rings. The standard InChI is InChI=1S/C16H16N2O4S2/c19-13(17-10-14(20)21)7-4-8-18-15(22)12(24-16(18)23)9-11-5-2-1-3-6-11/h1-3,5-6,9H,4,7-8,10H2,(H,17,19)(H,20,21)/b12-9-. The van der Waals surface area contributed by atoms with Crippen LogP contribution in [-0.2, 0) is 14.4 Å². The van der Waals surface area contributed by atoms with Crippen molar-refractivity contribution in [2.45, 2.75) is 12.8 Å². The Morgan fingerprint density at radius 2 is 2.00 bits per heavy atom. The number of benzene rings is 1. The molecule has 126 valence electrons. The molecule has 1 aliphatic heterocycles. The van der Waals surface area contributed by atoms with Crippen LogP contribution in [0.2, 0.25) is 0 Å². The third-order valence-corrected chi connectivity index (χ3v) is 4.57. The molecule has 1 aromatic carbocycles. The number of nitrogens with zero attached hydrogens (tertiary/aromatic N) is 1. The van der Waals surface area contributed by atoms with Crippen LogP contribution in [0.4, 0.5) is 0 Å². The Morgan fingerprint density at radius 3 is 2.67 bits per heavy atom. The molecule has 2 rings (SSSR count). The summed E-state index contributed by atoms with van der Waals surface area (Å²) in [6.45, 7) is -0.0724. The number of carbonyl (C=O) groups excluding carboxylic acids is 2.